The molecule has 0 radical (unpaired) electrons. The molecule has 118 valence electrons. The number of hydrogen-bond acceptors (Lipinski definition) is 3. The fourth-order valence-corrected chi connectivity index (χ4v) is 2.98. The van der Waals surface area contributed by atoms with Crippen molar-refractivity contribution in [2.75, 3.05) is 6.54 Å². The largest absolute Gasteiger partial charge is 0.361 e. The molecular weight excluding hydrogens is 252 g/mol. The summed E-state index contributed by atoms with van der Waals surface area (Å²) in [6.45, 7) is 6.54. The molecule has 1 saturated carbocycles. The van der Waals surface area contributed by atoms with Gasteiger partial charge >= 0.3 is 0 Å². The summed E-state index contributed by atoms with van der Waals surface area (Å²) >= 11 is 0. The molecule has 0 spiro atoms. The van der Waals surface area contributed by atoms with E-state index in [0.29, 0.717) is 6.54 Å². The smallest absolute Gasteiger partial charge is 0.249 e. The zero-order valence-electron chi connectivity index (χ0n) is 13.4. The second-order valence-electron chi connectivity index (χ2n) is 6.08. The standard InChI is InChI=1S/C16H32N2O2/c1-4-14(5-2)18-15(19)13(3)20-16(12-17)10-8-6-7-9-11-16/h13-14H,4-12,17H2,1-3H3,(H,18,19). The maximum atomic E-state index is 12.2. The number of rotatable bonds is 7. The number of carbonyl (C=O) groups is 1. The molecule has 1 atom stereocenters. The van der Waals surface area contributed by atoms with Crippen molar-refractivity contribution >= 4 is 5.91 Å². The summed E-state index contributed by atoms with van der Waals surface area (Å²) in [5, 5.41) is 3.06. The summed E-state index contributed by atoms with van der Waals surface area (Å²) in [4.78, 5) is 12.2. The quantitative estimate of drug-likeness (QED) is 0.707. The van der Waals surface area contributed by atoms with Gasteiger partial charge in [0.25, 0.3) is 0 Å². The number of amides is 1. The predicted molar refractivity (Wildman–Crippen MR) is 82.5 cm³/mol. The third-order valence-electron chi connectivity index (χ3n) is 4.51. The Morgan fingerprint density at radius 1 is 1.20 bits per heavy atom. The fourth-order valence-electron chi connectivity index (χ4n) is 2.98. The first-order valence-corrected chi connectivity index (χ1v) is 8.25. The molecule has 1 amide bonds. The molecule has 0 aromatic heterocycles. The molecule has 0 aromatic carbocycles. The van der Waals surface area contributed by atoms with Crippen molar-refractivity contribution in [3.8, 4) is 0 Å². The van der Waals surface area contributed by atoms with E-state index in [1.165, 1.54) is 12.8 Å². The van der Waals surface area contributed by atoms with Gasteiger partial charge in [0.05, 0.1) is 5.60 Å². The van der Waals surface area contributed by atoms with Crippen molar-refractivity contribution in [3.05, 3.63) is 0 Å². The SMILES string of the molecule is CCC(CC)NC(=O)C(C)OC1(CN)CCCCCC1. The molecule has 1 fully saturated rings. The number of nitrogens with two attached hydrogens (primary N) is 1. The molecule has 20 heavy (non-hydrogen) atoms. The average Bonchev–Trinajstić information content (AvgIpc) is 2.70. The maximum absolute atomic E-state index is 12.2. The zero-order valence-corrected chi connectivity index (χ0v) is 13.4. The lowest BCUT2D eigenvalue weighted by Crippen LogP contribution is -2.48. The molecule has 3 N–H and O–H groups in total. The van der Waals surface area contributed by atoms with Gasteiger partial charge in [-0.3, -0.25) is 4.79 Å². The Bertz CT molecular complexity index is 282. The topological polar surface area (TPSA) is 64.3 Å². The summed E-state index contributed by atoms with van der Waals surface area (Å²) in [5.74, 6) is -0.00391. The van der Waals surface area contributed by atoms with Gasteiger partial charge in [0.15, 0.2) is 0 Å². The van der Waals surface area contributed by atoms with Gasteiger partial charge in [-0.1, -0.05) is 39.5 Å². The Balaban J connectivity index is 2.57. The van der Waals surface area contributed by atoms with Crippen molar-refractivity contribution < 1.29 is 9.53 Å². The van der Waals surface area contributed by atoms with E-state index >= 15 is 0 Å². The molecular formula is C16H32N2O2. The van der Waals surface area contributed by atoms with Gasteiger partial charge in [0, 0.05) is 12.6 Å². The van der Waals surface area contributed by atoms with Crippen LogP contribution < -0.4 is 11.1 Å². The summed E-state index contributed by atoms with van der Waals surface area (Å²) in [6, 6.07) is 0.247. The molecule has 0 bridgehead atoms. The van der Waals surface area contributed by atoms with Crippen LogP contribution in [-0.4, -0.2) is 30.2 Å². The maximum Gasteiger partial charge on any atom is 0.249 e. The first kappa shape index (κ1) is 17.4. The summed E-state index contributed by atoms with van der Waals surface area (Å²) < 4.78 is 6.12. The Morgan fingerprint density at radius 2 is 1.75 bits per heavy atom. The van der Waals surface area contributed by atoms with E-state index in [1.54, 1.807) is 0 Å². The fraction of sp³-hybridized carbons (Fsp3) is 0.938. The zero-order chi connectivity index (χ0) is 15.0. The second-order valence-corrected chi connectivity index (χ2v) is 6.08. The second kappa shape index (κ2) is 8.63. The highest BCUT2D eigenvalue weighted by molar-refractivity contribution is 5.80. The van der Waals surface area contributed by atoms with Crippen LogP contribution in [0.15, 0.2) is 0 Å². The lowest BCUT2D eigenvalue weighted by molar-refractivity contribution is -0.147. The lowest BCUT2D eigenvalue weighted by atomic mass is 9.94. The van der Waals surface area contributed by atoms with E-state index in [9.17, 15) is 4.79 Å². The van der Waals surface area contributed by atoms with Crippen molar-refractivity contribution in [2.24, 2.45) is 5.73 Å². The van der Waals surface area contributed by atoms with Crippen LogP contribution in [0.25, 0.3) is 0 Å². The Labute approximate surface area is 123 Å². The number of hydrogen-bond donors (Lipinski definition) is 2. The highest BCUT2D eigenvalue weighted by atomic mass is 16.5. The molecule has 1 rings (SSSR count). The van der Waals surface area contributed by atoms with Gasteiger partial charge in [-0.15, -0.1) is 0 Å². The molecule has 0 heterocycles. The monoisotopic (exact) mass is 284 g/mol. The van der Waals surface area contributed by atoms with Gasteiger partial charge in [-0.25, -0.2) is 0 Å². The van der Waals surface area contributed by atoms with E-state index in [0.717, 1.165) is 38.5 Å². The predicted octanol–water partition coefficient (Wildman–Crippen LogP) is 2.75. The summed E-state index contributed by atoms with van der Waals surface area (Å²) in [7, 11) is 0. The Kier molecular flexibility index (Phi) is 7.52. The third-order valence-corrected chi connectivity index (χ3v) is 4.51. The Hall–Kier alpha value is -0.610. The van der Waals surface area contributed by atoms with E-state index in [-0.39, 0.29) is 17.6 Å². The molecule has 4 nitrogen and oxygen atoms in total. The molecule has 0 saturated heterocycles. The van der Waals surface area contributed by atoms with Crippen LogP contribution in [0, 0.1) is 0 Å². The van der Waals surface area contributed by atoms with Crippen LogP contribution in [0.4, 0.5) is 0 Å². The minimum atomic E-state index is -0.419. The van der Waals surface area contributed by atoms with Gasteiger partial charge in [0.1, 0.15) is 6.10 Å². The average molecular weight is 284 g/mol. The van der Waals surface area contributed by atoms with Crippen LogP contribution in [0.3, 0.4) is 0 Å². The van der Waals surface area contributed by atoms with E-state index in [1.807, 2.05) is 6.92 Å². The van der Waals surface area contributed by atoms with Crippen molar-refractivity contribution in [1.82, 2.24) is 5.32 Å². The van der Waals surface area contributed by atoms with Gasteiger partial charge in [-0.05, 0) is 32.6 Å². The Morgan fingerprint density at radius 3 is 2.20 bits per heavy atom. The van der Waals surface area contributed by atoms with Crippen LogP contribution in [0.1, 0.15) is 72.1 Å². The minimum Gasteiger partial charge on any atom is -0.361 e. The van der Waals surface area contributed by atoms with Crippen LogP contribution >= 0.6 is 0 Å². The third kappa shape index (κ3) is 5.06. The molecule has 0 aliphatic heterocycles. The first-order valence-electron chi connectivity index (χ1n) is 8.25. The van der Waals surface area contributed by atoms with Crippen molar-refractivity contribution in [2.45, 2.75) is 89.9 Å². The van der Waals surface area contributed by atoms with Gasteiger partial charge in [0.2, 0.25) is 5.91 Å². The summed E-state index contributed by atoms with van der Waals surface area (Å²) in [5.41, 5.74) is 5.66. The molecule has 0 aromatic rings. The van der Waals surface area contributed by atoms with Crippen LogP contribution in [-0.2, 0) is 9.53 Å². The van der Waals surface area contributed by atoms with Crippen LogP contribution in [0.2, 0.25) is 0 Å². The molecule has 1 aliphatic rings. The highest BCUT2D eigenvalue weighted by Gasteiger charge is 2.34. The highest BCUT2D eigenvalue weighted by Crippen LogP contribution is 2.30. The van der Waals surface area contributed by atoms with Gasteiger partial charge in [-0.2, -0.15) is 0 Å². The molecule has 4 heteroatoms. The number of ether oxygens (including phenoxy) is 1. The number of carbonyl (C=O) groups excluding carboxylic acids is 1. The first-order chi connectivity index (χ1) is 9.56. The lowest BCUT2D eigenvalue weighted by Gasteiger charge is -2.34. The normalized spacial score (nSPS) is 20.4. The van der Waals surface area contributed by atoms with Gasteiger partial charge < -0.3 is 15.8 Å². The molecule has 1 aliphatic carbocycles. The summed E-state index contributed by atoms with van der Waals surface area (Å²) in [6.07, 6.45) is 8.25. The van der Waals surface area contributed by atoms with E-state index in [4.69, 9.17) is 10.5 Å². The van der Waals surface area contributed by atoms with E-state index in [2.05, 4.69) is 19.2 Å². The van der Waals surface area contributed by atoms with Crippen molar-refractivity contribution in [3.63, 3.8) is 0 Å². The van der Waals surface area contributed by atoms with Crippen molar-refractivity contribution in [1.29, 1.82) is 0 Å². The minimum absolute atomic E-state index is 0.00391. The van der Waals surface area contributed by atoms with Crippen LogP contribution in [0.5, 0.6) is 0 Å². The number of nitrogens with one attached hydrogen (secondary N) is 1. The molecule has 1 unspecified atom stereocenters. The van der Waals surface area contributed by atoms with E-state index < -0.39 is 6.10 Å².